The number of anilines is 2. The van der Waals surface area contributed by atoms with E-state index in [-0.39, 0.29) is 29.6 Å². The number of aryl methyl sites for hydroxylation is 2. The summed E-state index contributed by atoms with van der Waals surface area (Å²) in [5, 5.41) is 2.88. The Morgan fingerprint density at radius 2 is 1.79 bits per heavy atom. The molecule has 1 N–H and O–H groups in total. The van der Waals surface area contributed by atoms with Gasteiger partial charge in [0.05, 0.1) is 10.6 Å². The highest BCUT2D eigenvalue weighted by molar-refractivity contribution is 7.89. The number of nitrogens with one attached hydrogen (secondary N) is 1. The van der Waals surface area contributed by atoms with Crippen LogP contribution in [0.15, 0.2) is 41.3 Å². The first-order valence-corrected chi connectivity index (χ1v) is 12.5. The molecule has 2 heterocycles. The molecule has 1 fully saturated rings. The van der Waals surface area contributed by atoms with E-state index in [2.05, 4.69) is 12.2 Å². The van der Waals surface area contributed by atoms with E-state index >= 15 is 0 Å². The van der Waals surface area contributed by atoms with Crippen molar-refractivity contribution in [3.05, 3.63) is 47.5 Å². The van der Waals surface area contributed by atoms with Gasteiger partial charge in [-0.2, -0.15) is 4.31 Å². The van der Waals surface area contributed by atoms with Gasteiger partial charge in [0.25, 0.3) is 5.91 Å². The zero-order valence-corrected chi connectivity index (χ0v) is 19.9. The fraction of sp³-hybridized carbons (Fsp3) is 0.417. The first kappa shape index (κ1) is 23.3. The summed E-state index contributed by atoms with van der Waals surface area (Å²) in [4.78, 5) is 26.8. The largest absolute Gasteiger partial charge is 0.482 e. The average molecular weight is 472 g/mol. The molecule has 0 bridgehead atoms. The van der Waals surface area contributed by atoms with Crippen molar-refractivity contribution in [1.29, 1.82) is 0 Å². The molecular weight excluding hydrogens is 442 g/mol. The zero-order chi connectivity index (χ0) is 23.8. The predicted octanol–water partition coefficient (Wildman–Crippen LogP) is 3.09. The van der Waals surface area contributed by atoms with E-state index in [0.717, 1.165) is 24.0 Å². The Morgan fingerprint density at radius 3 is 2.45 bits per heavy atom. The smallest absolute Gasteiger partial charge is 0.265 e. The van der Waals surface area contributed by atoms with Gasteiger partial charge in [-0.05, 0) is 61.9 Å². The van der Waals surface area contributed by atoms with Crippen molar-refractivity contribution in [2.45, 2.75) is 38.5 Å². The van der Waals surface area contributed by atoms with E-state index in [1.165, 1.54) is 21.3 Å². The summed E-state index contributed by atoms with van der Waals surface area (Å²) in [5.41, 5.74) is 2.83. The average Bonchev–Trinajstić information content (AvgIpc) is 2.78. The highest BCUT2D eigenvalue weighted by atomic mass is 32.2. The molecule has 4 rings (SSSR count). The van der Waals surface area contributed by atoms with Crippen LogP contribution in [0.25, 0.3) is 0 Å². The molecule has 0 aliphatic carbocycles. The minimum absolute atomic E-state index is 0.0919. The number of hydrogen-bond acceptors (Lipinski definition) is 5. The number of sulfonamides is 1. The second-order valence-electron chi connectivity index (χ2n) is 8.80. The SMILES string of the molecule is Cc1cccc(C)c1NC(=O)CN1C(=O)COc2ccc(S(=O)(=O)N3CCC(C)CC3)cc21. The summed E-state index contributed by atoms with van der Waals surface area (Å²) in [5.74, 6) is 0.102. The van der Waals surface area contributed by atoms with E-state index in [1.807, 2.05) is 32.0 Å². The van der Waals surface area contributed by atoms with Crippen LogP contribution in [0, 0.1) is 19.8 Å². The Morgan fingerprint density at radius 1 is 1.12 bits per heavy atom. The van der Waals surface area contributed by atoms with E-state index in [0.29, 0.717) is 30.4 Å². The lowest BCUT2D eigenvalue weighted by Gasteiger charge is -2.31. The molecule has 0 atom stereocenters. The second-order valence-corrected chi connectivity index (χ2v) is 10.7. The molecule has 0 spiro atoms. The maximum atomic E-state index is 13.2. The lowest BCUT2D eigenvalue weighted by Crippen LogP contribution is -2.43. The highest BCUT2D eigenvalue weighted by Crippen LogP contribution is 2.35. The predicted molar refractivity (Wildman–Crippen MR) is 126 cm³/mol. The molecule has 0 aromatic heterocycles. The van der Waals surface area contributed by atoms with Gasteiger partial charge in [0.2, 0.25) is 15.9 Å². The number of hydrogen-bond donors (Lipinski definition) is 1. The van der Waals surface area contributed by atoms with Gasteiger partial charge in [-0.15, -0.1) is 0 Å². The number of fused-ring (bicyclic) bond motifs is 1. The molecule has 2 aromatic rings. The van der Waals surface area contributed by atoms with Crippen molar-refractivity contribution in [3.8, 4) is 5.75 Å². The molecular formula is C24H29N3O5S. The summed E-state index contributed by atoms with van der Waals surface area (Å²) in [6.45, 7) is 6.41. The van der Waals surface area contributed by atoms with E-state index in [9.17, 15) is 18.0 Å². The molecule has 8 nitrogen and oxygen atoms in total. The summed E-state index contributed by atoms with van der Waals surface area (Å²) >= 11 is 0. The Labute approximate surface area is 194 Å². The Kier molecular flexibility index (Phi) is 6.45. The van der Waals surface area contributed by atoms with Gasteiger partial charge in [-0.25, -0.2) is 8.42 Å². The Hall–Kier alpha value is -2.91. The number of nitrogens with zero attached hydrogens (tertiary/aromatic N) is 2. The number of piperidine rings is 1. The van der Waals surface area contributed by atoms with E-state index < -0.39 is 15.9 Å². The van der Waals surface area contributed by atoms with Gasteiger partial charge in [0.1, 0.15) is 12.3 Å². The molecule has 2 aliphatic rings. The number of ether oxygens (including phenoxy) is 1. The third-order valence-electron chi connectivity index (χ3n) is 6.30. The number of para-hydroxylation sites is 1. The Bertz CT molecular complexity index is 1170. The van der Waals surface area contributed by atoms with Crippen LogP contribution >= 0.6 is 0 Å². The van der Waals surface area contributed by atoms with Crippen LogP contribution in [-0.2, 0) is 19.6 Å². The number of benzene rings is 2. The van der Waals surface area contributed by atoms with Crippen LogP contribution in [0.2, 0.25) is 0 Å². The van der Waals surface area contributed by atoms with Crippen LogP contribution in [-0.4, -0.2) is 50.8 Å². The van der Waals surface area contributed by atoms with Crippen LogP contribution in [0.3, 0.4) is 0 Å². The molecule has 0 radical (unpaired) electrons. The van der Waals surface area contributed by atoms with Gasteiger partial charge >= 0.3 is 0 Å². The maximum Gasteiger partial charge on any atom is 0.265 e. The zero-order valence-electron chi connectivity index (χ0n) is 19.1. The van der Waals surface area contributed by atoms with Gasteiger partial charge in [-0.1, -0.05) is 25.1 Å². The molecule has 0 saturated carbocycles. The molecule has 1 saturated heterocycles. The van der Waals surface area contributed by atoms with Crippen molar-refractivity contribution in [1.82, 2.24) is 4.31 Å². The van der Waals surface area contributed by atoms with Gasteiger partial charge in [0, 0.05) is 18.8 Å². The lowest BCUT2D eigenvalue weighted by atomic mass is 10.0. The molecule has 2 aromatic carbocycles. The van der Waals surface area contributed by atoms with Gasteiger partial charge < -0.3 is 10.1 Å². The fourth-order valence-corrected chi connectivity index (χ4v) is 5.71. The summed E-state index contributed by atoms with van der Waals surface area (Å²) in [7, 11) is -3.71. The van der Waals surface area contributed by atoms with Gasteiger partial charge in [0.15, 0.2) is 6.61 Å². The monoisotopic (exact) mass is 471 g/mol. The molecule has 9 heteroatoms. The van der Waals surface area contributed by atoms with Crippen molar-refractivity contribution in [2.24, 2.45) is 5.92 Å². The van der Waals surface area contributed by atoms with Crippen LogP contribution < -0.4 is 15.0 Å². The van der Waals surface area contributed by atoms with E-state index in [4.69, 9.17) is 4.74 Å². The molecule has 33 heavy (non-hydrogen) atoms. The number of carbonyl (C=O) groups is 2. The molecule has 2 amide bonds. The second kappa shape index (κ2) is 9.15. The third-order valence-corrected chi connectivity index (χ3v) is 8.20. The topological polar surface area (TPSA) is 96.0 Å². The summed E-state index contributed by atoms with van der Waals surface area (Å²) in [6.07, 6.45) is 1.63. The fourth-order valence-electron chi connectivity index (χ4n) is 4.22. The normalized spacial score (nSPS) is 17.4. The maximum absolute atomic E-state index is 13.2. The first-order chi connectivity index (χ1) is 15.7. The highest BCUT2D eigenvalue weighted by Gasteiger charge is 2.32. The third kappa shape index (κ3) is 4.74. The summed E-state index contributed by atoms with van der Waals surface area (Å²) < 4.78 is 33.4. The lowest BCUT2D eigenvalue weighted by molar-refractivity contribution is -0.123. The van der Waals surface area contributed by atoms with Crippen LogP contribution in [0.1, 0.15) is 30.9 Å². The molecule has 176 valence electrons. The molecule has 2 aliphatic heterocycles. The number of amides is 2. The van der Waals surface area contributed by atoms with Crippen molar-refractivity contribution >= 4 is 33.2 Å². The van der Waals surface area contributed by atoms with Crippen molar-refractivity contribution < 1.29 is 22.7 Å². The van der Waals surface area contributed by atoms with E-state index in [1.54, 1.807) is 6.07 Å². The number of rotatable bonds is 5. The minimum Gasteiger partial charge on any atom is -0.482 e. The first-order valence-electron chi connectivity index (χ1n) is 11.1. The van der Waals surface area contributed by atoms with Crippen molar-refractivity contribution in [3.63, 3.8) is 0 Å². The van der Waals surface area contributed by atoms with Gasteiger partial charge in [-0.3, -0.25) is 14.5 Å². The van der Waals surface area contributed by atoms with Crippen molar-refractivity contribution in [2.75, 3.05) is 36.5 Å². The van der Waals surface area contributed by atoms with Crippen LogP contribution in [0.4, 0.5) is 11.4 Å². The molecule has 0 unspecified atom stereocenters. The Balaban J connectivity index is 1.59. The standard InChI is InChI=1S/C24H29N3O5S/c1-16-9-11-26(12-10-16)33(30,31)19-7-8-21-20(13-19)27(23(29)15-32-21)14-22(28)25-24-17(2)5-4-6-18(24)3/h4-8,13,16H,9-12,14-15H2,1-3H3,(H,25,28). The van der Waals surface area contributed by atoms with Crippen LogP contribution in [0.5, 0.6) is 5.75 Å². The quantitative estimate of drug-likeness (QED) is 0.723. The minimum atomic E-state index is -3.71. The number of carbonyl (C=O) groups excluding carboxylic acids is 2. The summed E-state index contributed by atoms with van der Waals surface area (Å²) in [6, 6.07) is 10.2.